The quantitative estimate of drug-likeness (QED) is 0.310. The molecule has 0 radical (unpaired) electrons. The zero-order chi connectivity index (χ0) is 17.1. The monoisotopic (exact) mass is 323 g/mol. The van der Waals surface area contributed by atoms with Gasteiger partial charge in [-0.3, -0.25) is 9.59 Å². The smallest absolute Gasteiger partial charge is 0.329 e. The van der Waals surface area contributed by atoms with Crippen LogP contribution >= 0.6 is 0 Å². The van der Waals surface area contributed by atoms with Crippen molar-refractivity contribution in [3.8, 4) is 11.5 Å². The van der Waals surface area contributed by atoms with E-state index >= 15 is 0 Å². The summed E-state index contributed by atoms with van der Waals surface area (Å²) in [5.41, 5.74) is 2.76. The SMILES string of the molecule is COCCCNC(=O)C(=O)N/N=C\c1cc(OC)ccc1OC. The number of methoxy groups -OCH3 is 3. The minimum Gasteiger partial charge on any atom is -0.497 e. The second-order valence-electron chi connectivity index (χ2n) is 4.41. The lowest BCUT2D eigenvalue weighted by atomic mass is 10.2. The van der Waals surface area contributed by atoms with E-state index in [2.05, 4.69) is 15.8 Å². The van der Waals surface area contributed by atoms with E-state index in [9.17, 15) is 9.59 Å². The molecule has 8 heteroatoms. The summed E-state index contributed by atoms with van der Waals surface area (Å²) >= 11 is 0. The van der Waals surface area contributed by atoms with Gasteiger partial charge in [-0.2, -0.15) is 5.10 Å². The molecule has 0 aliphatic carbocycles. The Morgan fingerprint density at radius 3 is 2.61 bits per heavy atom. The van der Waals surface area contributed by atoms with Gasteiger partial charge in [0, 0.05) is 25.8 Å². The maximum absolute atomic E-state index is 11.6. The number of benzene rings is 1. The van der Waals surface area contributed by atoms with Crippen LogP contribution < -0.4 is 20.2 Å². The second kappa shape index (κ2) is 10.2. The van der Waals surface area contributed by atoms with Gasteiger partial charge in [0.1, 0.15) is 11.5 Å². The third-order valence-electron chi connectivity index (χ3n) is 2.82. The van der Waals surface area contributed by atoms with Crippen LogP contribution in [0.4, 0.5) is 0 Å². The predicted octanol–water partition coefficient (Wildman–Crippen LogP) is 0.307. The highest BCUT2D eigenvalue weighted by molar-refractivity contribution is 6.35. The van der Waals surface area contributed by atoms with Gasteiger partial charge in [0.2, 0.25) is 0 Å². The second-order valence-corrected chi connectivity index (χ2v) is 4.41. The molecule has 8 nitrogen and oxygen atoms in total. The third-order valence-corrected chi connectivity index (χ3v) is 2.82. The molecule has 0 saturated heterocycles. The van der Waals surface area contributed by atoms with E-state index in [1.807, 2.05) is 0 Å². The fourth-order valence-corrected chi connectivity index (χ4v) is 1.65. The van der Waals surface area contributed by atoms with E-state index in [0.29, 0.717) is 36.6 Å². The number of amides is 2. The van der Waals surface area contributed by atoms with E-state index in [4.69, 9.17) is 14.2 Å². The molecule has 0 heterocycles. The van der Waals surface area contributed by atoms with Crippen molar-refractivity contribution in [2.75, 3.05) is 34.5 Å². The minimum atomic E-state index is -0.847. The van der Waals surface area contributed by atoms with Crippen LogP contribution in [-0.4, -0.2) is 52.5 Å². The highest BCUT2D eigenvalue weighted by Gasteiger charge is 2.11. The first-order valence-electron chi connectivity index (χ1n) is 6.94. The number of ether oxygens (including phenoxy) is 3. The molecule has 0 fully saturated rings. The van der Waals surface area contributed by atoms with E-state index in [0.717, 1.165) is 0 Å². The van der Waals surface area contributed by atoms with Gasteiger partial charge in [0.15, 0.2) is 0 Å². The fourth-order valence-electron chi connectivity index (χ4n) is 1.65. The van der Waals surface area contributed by atoms with Crippen molar-refractivity contribution in [1.29, 1.82) is 0 Å². The number of hydrazone groups is 1. The lowest BCUT2D eigenvalue weighted by molar-refractivity contribution is -0.139. The van der Waals surface area contributed by atoms with Gasteiger partial charge in [0.05, 0.1) is 20.4 Å². The van der Waals surface area contributed by atoms with Crippen LogP contribution in [0.2, 0.25) is 0 Å². The molecule has 0 bridgehead atoms. The van der Waals surface area contributed by atoms with Crippen LogP contribution in [0.5, 0.6) is 11.5 Å². The largest absolute Gasteiger partial charge is 0.497 e. The van der Waals surface area contributed by atoms with Gasteiger partial charge in [-0.1, -0.05) is 0 Å². The highest BCUT2D eigenvalue weighted by atomic mass is 16.5. The Morgan fingerprint density at radius 1 is 1.17 bits per heavy atom. The maximum atomic E-state index is 11.6. The molecular weight excluding hydrogens is 302 g/mol. The third kappa shape index (κ3) is 6.35. The van der Waals surface area contributed by atoms with Crippen molar-refractivity contribution in [2.45, 2.75) is 6.42 Å². The first-order chi connectivity index (χ1) is 11.1. The van der Waals surface area contributed by atoms with Crippen LogP contribution in [0.1, 0.15) is 12.0 Å². The van der Waals surface area contributed by atoms with Crippen LogP contribution in [0.3, 0.4) is 0 Å². The van der Waals surface area contributed by atoms with Crippen molar-refractivity contribution in [3.63, 3.8) is 0 Å². The molecule has 0 aliphatic rings. The van der Waals surface area contributed by atoms with Crippen molar-refractivity contribution < 1.29 is 23.8 Å². The van der Waals surface area contributed by atoms with Crippen LogP contribution in [-0.2, 0) is 14.3 Å². The summed E-state index contributed by atoms with van der Waals surface area (Å²) < 4.78 is 15.1. The molecule has 1 aromatic rings. The van der Waals surface area contributed by atoms with Gasteiger partial charge in [-0.15, -0.1) is 0 Å². The van der Waals surface area contributed by atoms with Gasteiger partial charge in [-0.25, -0.2) is 5.43 Å². The highest BCUT2D eigenvalue weighted by Crippen LogP contribution is 2.22. The van der Waals surface area contributed by atoms with Crippen molar-refractivity contribution in [3.05, 3.63) is 23.8 Å². The van der Waals surface area contributed by atoms with Crippen LogP contribution in [0.15, 0.2) is 23.3 Å². The molecule has 1 aromatic carbocycles. The molecule has 0 saturated carbocycles. The molecule has 0 unspecified atom stereocenters. The molecule has 0 aliphatic heterocycles. The number of hydrogen-bond donors (Lipinski definition) is 2. The number of carbonyl (C=O) groups is 2. The zero-order valence-electron chi connectivity index (χ0n) is 13.4. The molecule has 2 N–H and O–H groups in total. The Morgan fingerprint density at radius 2 is 1.96 bits per heavy atom. The van der Waals surface area contributed by atoms with Crippen molar-refractivity contribution in [2.24, 2.45) is 5.10 Å². The molecule has 1 rings (SSSR count). The Labute approximate surface area is 134 Å². The summed E-state index contributed by atoms with van der Waals surface area (Å²) in [7, 11) is 4.62. The van der Waals surface area contributed by atoms with Crippen LogP contribution in [0, 0.1) is 0 Å². The average Bonchev–Trinajstić information content (AvgIpc) is 2.58. The molecule has 126 valence electrons. The Hall–Kier alpha value is -2.61. The number of nitrogens with one attached hydrogen (secondary N) is 2. The number of carbonyl (C=O) groups excluding carboxylic acids is 2. The van der Waals surface area contributed by atoms with E-state index in [1.165, 1.54) is 13.3 Å². The molecule has 0 spiro atoms. The minimum absolute atomic E-state index is 0.355. The number of hydrogen-bond acceptors (Lipinski definition) is 6. The van der Waals surface area contributed by atoms with E-state index in [-0.39, 0.29) is 0 Å². The van der Waals surface area contributed by atoms with E-state index in [1.54, 1.807) is 32.4 Å². The maximum Gasteiger partial charge on any atom is 0.329 e. The predicted molar refractivity (Wildman–Crippen MR) is 84.8 cm³/mol. The fraction of sp³-hybridized carbons (Fsp3) is 0.400. The summed E-state index contributed by atoms with van der Waals surface area (Å²) in [4.78, 5) is 23.0. The lowest BCUT2D eigenvalue weighted by Crippen LogP contribution is -2.38. The molecule has 0 aromatic heterocycles. The summed E-state index contributed by atoms with van der Waals surface area (Å²) in [6.07, 6.45) is 2.00. The summed E-state index contributed by atoms with van der Waals surface area (Å²) in [6, 6.07) is 5.14. The topological polar surface area (TPSA) is 98.2 Å². The van der Waals surface area contributed by atoms with Crippen molar-refractivity contribution in [1.82, 2.24) is 10.7 Å². The van der Waals surface area contributed by atoms with Crippen LogP contribution in [0.25, 0.3) is 0 Å². The molecule has 2 amide bonds. The van der Waals surface area contributed by atoms with Gasteiger partial charge in [-0.05, 0) is 24.6 Å². The van der Waals surface area contributed by atoms with Gasteiger partial charge < -0.3 is 19.5 Å². The number of rotatable bonds is 8. The Bertz CT molecular complexity index is 560. The molecule has 23 heavy (non-hydrogen) atoms. The normalized spacial score (nSPS) is 10.4. The molecule has 0 atom stereocenters. The number of nitrogens with zero attached hydrogens (tertiary/aromatic N) is 1. The summed E-state index contributed by atoms with van der Waals surface area (Å²) in [5, 5.41) is 6.20. The molecular formula is C15H21N3O5. The zero-order valence-corrected chi connectivity index (χ0v) is 13.4. The standard InChI is InChI=1S/C15H21N3O5/c1-21-8-4-7-16-14(19)15(20)18-17-10-11-9-12(22-2)5-6-13(11)23-3/h5-6,9-10H,4,7-8H2,1-3H3,(H,16,19)(H,18,20)/b17-10-. The van der Waals surface area contributed by atoms with Gasteiger partial charge >= 0.3 is 11.8 Å². The Kier molecular flexibility index (Phi) is 8.16. The first-order valence-corrected chi connectivity index (χ1v) is 6.94. The summed E-state index contributed by atoms with van der Waals surface area (Å²) in [5.74, 6) is -0.418. The average molecular weight is 323 g/mol. The lowest BCUT2D eigenvalue weighted by Gasteiger charge is -2.07. The summed E-state index contributed by atoms with van der Waals surface area (Å²) in [6.45, 7) is 0.864. The van der Waals surface area contributed by atoms with Gasteiger partial charge in [0.25, 0.3) is 0 Å². The van der Waals surface area contributed by atoms with E-state index < -0.39 is 11.8 Å². The Balaban J connectivity index is 2.54. The van der Waals surface area contributed by atoms with Crippen molar-refractivity contribution >= 4 is 18.0 Å². The first kappa shape index (κ1) is 18.4.